The van der Waals surface area contributed by atoms with E-state index >= 15 is 0 Å². The van der Waals surface area contributed by atoms with E-state index in [0.29, 0.717) is 41.3 Å². The highest BCUT2D eigenvalue weighted by Gasteiger charge is 2.32. The van der Waals surface area contributed by atoms with Gasteiger partial charge in [0.25, 0.3) is 0 Å². The maximum Gasteiger partial charge on any atom is 0.416 e. The number of benzene rings is 2. The van der Waals surface area contributed by atoms with Crippen LogP contribution in [0.1, 0.15) is 17.5 Å². The number of hydrogen-bond acceptors (Lipinski definition) is 2. The Hall–Kier alpha value is -1.86. The highest BCUT2D eigenvalue weighted by molar-refractivity contribution is 7.98. The number of aryl methyl sites for hydroxylation is 1. The van der Waals surface area contributed by atoms with Gasteiger partial charge < -0.3 is 10.2 Å². The van der Waals surface area contributed by atoms with Crippen LogP contribution in [0.2, 0.25) is 5.02 Å². The molecular weight excluding hydrogens is 383 g/mol. The van der Waals surface area contributed by atoms with E-state index in [1.54, 1.807) is 22.7 Å². The molecule has 2 N–H and O–H groups in total. The zero-order valence-corrected chi connectivity index (χ0v) is 15.5. The zero-order chi connectivity index (χ0) is 18.9. The molecular formula is C18H17ClF3N3S. The van der Waals surface area contributed by atoms with Crippen LogP contribution in [0.3, 0.4) is 0 Å². The number of halogens is 4. The first-order valence-corrected chi connectivity index (χ1v) is 9.56. The van der Waals surface area contributed by atoms with Crippen LogP contribution in [0.5, 0.6) is 0 Å². The van der Waals surface area contributed by atoms with E-state index in [0.717, 1.165) is 11.0 Å². The normalized spacial score (nSPS) is 14.1. The number of nitrogens with zero attached hydrogens (tertiary/aromatic N) is 1. The van der Waals surface area contributed by atoms with E-state index in [-0.39, 0.29) is 5.96 Å². The smallest absolute Gasteiger partial charge is 0.325 e. The molecule has 0 bridgehead atoms. The molecule has 2 aromatic carbocycles. The minimum absolute atomic E-state index is 0.0888. The Balaban J connectivity index is 1.86. The quantitative estimate of drug-likeness (QED) is 0.376. The van der Waals surface area contributed by atoms with Crippen molar-refractivity contribution in [1.29, 1.82) is 5.41 Å². The molecule has 0 unspecified atom stereocenters. The molecule has 0 radical (unpaired) electrons. The maximum absolute atomic E-state index is 12.9. The van der Waals surface area contributed by atoms with E-state index in [9.17, 15) is 13.2 Å². The predicted octanol–water partition coefficient (Wildman–Crippen LogP) is 5.88. The van der Waals surface area contributed by atoms with Gasteiger partial charge in [0.05, 0.1) is 16.3 Å². The monoisotopic (exact) mass is 399 g/mol. The van der Waals surface area contributed by atoms with Gasteiger partial charge in [-0.05, 0) is 61.1 Å². The van der Waals surface area contributed by atoms with Crippen molar-refractivity contribution in [3.05, 3.63) is 52.5 Å². The molecule has 1 heterocycles. The lowest BCUT2D eigenvalue weighted by atomic mass is 9.99. The first kappa shape index (κ1) is 18.9. The third-order valence-corrected chi connectivity index (χ3v) is 5.28. The van der Waals surface area contributed by atoms with Gasteiger partial charge in [0.15, 0.2) is 5.96 Å². The summed E-state index contributed by atoms with van der Waals surface area (Å²) >= 11 is 7.75. The van der Waals surface area contributed by atoms with E-state index in [2.05, 4.69) is 5.32 Å². The van der Waals surface area contributed by atoms with Crippen molar-refractivity contribution in [2.45, 2.75) is 23.9 Å². The molecule has 0 saturated carbocycles. The third-order valence-electron chi connectivity index (χ3n) is 4.22. The Labute approximate surface area is 159 Å². The van der Waals surface area contributed by atoms with E-state index < -0.39 is 11.7 Å². The predicted molar refractivity (Wildman–Crippen MR) is 102 cm³/mol. The average Bonchev–Trinajstić information content (AvgIpc) is 2.61. The molecule has 8 heteroatoms. The van der Waals surface area contributed by atoms with Crippen molar-refractivity contribution in [2.75, 3.05) is 23.0 Å². The summed E-state index contributed by atoms with van der Waals surface area (Å²) in [6, 6.07) is 9.16. The number of alkyl halides is 3. The minimum atomic E-state index is -4.37. The second kappa shape index (κ2) is 7.40. The number of rotatable bonds is 2. The van der Waals surface area contributed by atoms with Crippen LogP contribution in [-0.2, 0) is 12.6 Å². The Morgan fingerprint density at radius 3 is 2.69 bits per heavy atom. The van der Waals surface area contributed by atoms with Crippen molar-refractivity contribution in [1.82, 2.24) is 0 Å². The van der Waals surface area contributed by atoms with Gasteiger partial charge in [-0.3, -0.25) is 5.41 Å². The molecule has 1 aliphatic rings. The molecule has 2 aromatic rings. The zero-order valence-electron chi connectivity index (χ0n) is 14.0. The minimum Gasteiger partial charge on any atom is -0.325 e. The van der Waals surface area contributed by atoms with Crippen molar-refractivity contribution in [3.63, 3.8) is 0 Å². The summed E-state index contributed by atoms with van der Waals surface area (Å²) in [6.45, 7) is 0.560. The van der Waals surface area contributed by atoms with Crippen LogP contribution in [-0.4, -0.2) is 18.8 Å². The fourth-order valence-electron chi connectivity index (χ4n) is 2.93. The summed E-state index contributed by atoms with van der Waals surface area (Å²) < 4.78 is 38.8. The van der Waals surface area contributed by atoms with Crippen molar-refractivity contribution < 1.29 is 13.2 Å². The highest BCUT2D eigenvalue weighted by atomic mass is 35.5. The fraction of sp³-hybridized carbons (Fsp3) is 0.278. The van der Waals surface area contributed by atoms with Crippen molar-refractivity contribution >= 4 is 40.7 Å². The number of nitrogens with one attached hydrogen (secondary N) is 2. The molecule has 0 aliphatic carbocycles. The standard InChI is InChI=1S/C18H17ClF3N3S/c1-26-13-5-6-14(19)15(10-13)24-17(23)25-8-2-3-11-9-12(18(20,21)22)4-7-16(11)25/h4-7,9-10H,2-3,8H2,1H3,(H2,23,24). The first-order valence-electron chi connectivity index (χ1n) is 7.96. The van der Waals surface area contributed by atoms with Crippen LogP contribution >= 0.6 is 23.4 Å². The summed E-state index contributed by atoms with van der Waals surface area (Å²) in [7, 11) is 0. The van der Waals surface area contributed by atoms with Gasteiger partial charge in [-0.25, -0.2) is 0 Å². The van der Waals surface area contributed by atoms with Gasteiger partial charge in [-0.2, -0.15) is 13.2 Å². The number of hydrogen-bond donors (Lipinski definition) is 2. The fourth-order valence-corrected chi connectivity index (χ4v) is 3.53. The molecule has 0 spiro atoms. The number of guanidine groups is 1. The van der Waals surface area contributed by atoms with Gasteiger partial charge in [-0.1, -0.05) is 11.6 Å². The lowest BCUT2D eigenvalue weighted by molar-refractivity contribution is -0.137. The number of fused-ring (bicyclic) bond motifs is 1. The van der Waals surface area contributed by atoms with Gasteiger partial charge in [0, 0.05) is 17.1 Å². The van der Waals surface area contributed by atoms with Gasteiger partial charge in [-0.15, -0.1) is 11.8 Å². The molecule has 138 valence electrons. The van der Waals surface area contributed by atoms with E-state index in [4.69, 9.17) is 17.0 Å². The maximum atomic E-state index is 12.9. The Morgan fingerprint density at radius 2 is 2.00 bits per heavy atom. The summed E-state index contributed by atoms with van der Waals surface area (Å²) in [4.78, 5) is 2.68. The molecule has 0 aromatic heterocycles. The molecule has 0 atom stereocenters. The van der Waals surface area contributed by atoms with E-state index in [1.165, 1.54) is 12.1 Å². The van der Waals surface area contributed by atoms with Crippen LogP contribution in [0, 0.1) is 5.41 Å². The summed E-state index contributed by atoms with van der Waals surface area (Å²) in [5.74, 6) is 0.0888. The van der Waals surface area contributed by atoms with E-state index in [1.807, 2.05) is 18.4 Å². The Bertz CT molecular complexity index is 839. The molecule has 0 saturated heterocycles. The average molecular weight is 400 g/mol. The number of anilines is 2. The van der Waals surface area contributed by atoms with Gasteiger partial charge in [0.2, 0.25) is 0 Å². The summed E-state index contributed by atoms with van der Waals surface area (Å²) in [5, 5.41) is 11.8. The van der Waals surface area contributed by atoms with Gasteiger partial charge in [0.1, 0.15) is 0 Å². The van der Waals surface area contributed by atoms with Crippen LogP contribution < -0.4 is 10.2 Å². The SMILES string of the molecule is CSc1ccc(Cl)c(NC(=N)N2CCCc3cc(C(F)(F)F)ccc32)c1. The van der Waals surface area contributed by atoms with Crippen LogP contribution in [0.25, 0.3) is 0 Å². The molecule has 1 aliphatic heterocycles. The van der Waals surface area contributed by atoms with Crippen molar-refractivity contribution in [2.24, 2.45) is 0 Å². The summed E-state index contributed by atoms with van der Waals surface area (Å²) in [6.07, 6.45) is -1.19. The second-order valence-corrected chi connectivity index (χ2v) is 7.20. The van der Waals surface area contributed by atoms with Crippen LogP contribution in [0.4, 0.5) is 24.5 Å². The lowest BCUT2D eigenvalue weighted by Gasteiger charge is -2.32. The molecule has 0 amide bonds. The van der Waals surface area contributed by atoms with Crippen LogP contribution in [0.15, 0.2) is 41.3 Å². The van der Waals surface area contributed by atoms with Crippen molar-refractivity contribution in [3.8, 4) is 0 Å². The largest absolute Gasteiger partial charge is 0.416 e. The lowest BCUT2D eigenvalue weighted by Crippen LogP contribution is -2.39. The number of thioether (sulfide) groups is 1. The summed E-state index contributed by atoms with van der Waals surface area (Å²) in [5.41, 5.74) is 1.16. The third kappa shape index (κ3) is 3.94. The second-order valence-electron chi connectivity index (χ2n) is 5.92. The molecule has 0 fully saturated rings. The molecule has 3 nitrogen and oxygen atoms in total. The highest BCUT2D eigenvalue weighted by Crippen LogP contribution is 2.35. The molecule has 3 rings (SSSR count). The Morgan fingerprint density at radius 1 is 1.23 bits per heavy atom. The first-order chi connectivity index (χ1) is 12.3. The topological polar surface area (TPSA) is 39.1 Å². The molecule has 26 heavy (non-hydrogen) atoms. The van der Waals surface area contributed by atoms with Gasteiger partial charge >= 0.3 is 6.18 Å². The Kier molecular flexibility index (Phi) is 5.39.